The molecule has 4 aromatic carbocycles. The fourth-order valence-electron chi connectivity index (χ4n) is 11.2. The standard InChI is InChI=1S/C48H57N3O6/c1-30-44(28-51-17-16-38-21-42(54-2)43(55-3)22-40(38)27-51)56-46(57-45(30)36-10-8-31(29-52)9-11-36)37-14-12-35(13-15-37)41-7-5-4-6-39(41)26-49-47(53)50-48-23-32-18-33(24-48)20-34(19-32)25-48/h4-15,21-22,30,32-34,44-46,52H,16-20,23-29H2,1-3H3,(H2,49,50,53). The Labute approximate surface area is 337 Å². The molecule has 4 aromatic rings. The van der Waals surface area contributed by atoms with Crippen LogP contribution in [-0.2, 0) is 35.6 Å². The fraction of sp³-hybridized carbons (Fsp3) is 0.479. The Morgan fingerprint density at radius 2 is 1.49 bits per heavy atom. The van der Waals surface area contributed by atoms with Gasteiger partial charge in [-0.2, -0.15) is 0 Å². The average Bonchev–Trinajstić information content (AvgIpc) is 3.22. The highest BCUT2D eigenvalue weighted by Gasteiger charge is 2.51. The van der Waals surface area contributed by atoms with Gasteiger partial charge >= 0.3 is 6.03 Å². The quantitative estimate of drug-likeness (QED) is 0.141. The van der Waals surface area contributed by atoms with Crippen LogP contribution >= 0.6 is 0 Å². The van der Waals surface area contributed by atoms with Gasteiger partial charge in [-0.05, 0) is 114 Å². The lowest BCUT2D eigenvalue weighted by atomic mass is 9.53. The lowest BCUT2D eigenvalue weighted by molar-refractivity contribution is -0.276. The highest BCUT2D eigenvalue weighted by Crippen LogP contribution is 2.55. The largest absolute Gasteiger partial charge is 0.493 e. The highest BCUT2D eigenvalue weighted by molar-refractivity contribution is 5.76. The number of benzene rings is 4. The van der Waals surface area contributed by atoms with Gasteiger partial charge in [-0.15, -0.1) is 0 Å². The van der Waals surface area contributed by atoms with Gasteiger partial charge in [0.15, 0.2) is 17.8 Å². The smallest absolute Gasteiger partial charge is 0.315 e. The molecule has 4 saturated carbocycles. The van der Waals surface area contributed by atoms with Crippen LogP contribution in [0.4, 0.5) is 4.79 Å². The van der Waals surface area contributed by atoms with Gasteiger partial charge in [0.25, 0.3) is 0 Å². The summed E-state index contributed by atoms with van der Waals surface area (Å²) in [7, 11) is 3.37. The normalized spacial score (nSPS) is 29.1. The minimum absolute atomic E-state index is 0.00336. The van der Waals surface area contributed by atoms with Crippen LogP contribution in [-0.4, -0.2) is 55.0 Å². The SMILES string of the molecule is COc1cc2c(cc1OC)CN(CC1OC(c3ccc(-c4ccccc4CNC(=O)NC45CC6CC(CC(C6)C4)C5)cc3)OC(c3ccc(CO)cc3)C1C)CC2. The molecule has 300 valence electrons. The van der Waals surface area contributed by atoms with Crippen molar-refractivity contribution < 1.29 is 28.8 Å². The molecule has 0 spiro atoms. The molecular weight excluding hydrogens is 715 g/mol. The summed E-state index contributed by atoms with van der Waals surface area (Å²) in [5.74, 6) is 3.95. The van der Waals surface area contributed by atoms with E-state index < -0.39 is 6.29 Å². The number of hydrogen-bond acceptors (Lipinski definition) is 7. The van der Waals surface area contributed by atoms with E-state index in [9.17, 15) is 9.90 Å². The predicted octanol–water partition coefficient (Wildman–Crippen LogP) is 8.48. The second kappa shape index (κ2) is 16.1. The van der Waals surface area contributed by atoms with Gasteiger partial charge < -0.3 is 34.7 Å². The van der Waals surface area contributed by atoms with E-state index in [0.29, 0.717) is 6.54 Å². The molecule has 4 unspecified atom stereocenters. The van der Waals surface area contributed by atoms with Crippen LogP contribution in [0.15, 0.2) is 84.9 Å². The van der Waals surface area contributed by atoms with Crippen molar-refractivity contribution >= 4 is 6.03 Å². The Balaban J connectivity index is 0.904. The van der Waals surface area contributed by atoms with E-state index in [1.807, 2.05) is 18.2 Å². The lowest BCUT2D eigenvalue weighted by Crippen LogP contribution is -2.61. The van der Waals surface area contributed by atoms with Crippen LogP contribution in [0.25, 0.3) is 11.1 Å². The Kier molecular flexibility index (Phi) is 10.8. The second-order valence-corrected chi connectivity index (χ2v) is 17.6. The highest BCUT2D eigenvalue weighted by atomic mass is 16.7. The minimum atomic E-state index is -0.561. The van der Waals surface area contributed by atoms with Crippen LogP contribution in [0, 0.1) is 23.7 Å². The van der Waals surface area contributed by atoms with Crippen LogP contribution in [0.2, 0.25) is 0 Å². The van der Waals surface area contributed by atoms with Crippen LogP contribution < -0.4 is 20.1 Å². The van der Waals surface area contributed by atoms with Crippen molar-refractivity contribution in [3.8, 4) is 22.6 Å². The van der Waals surface area contributed by atoms with Gasteiger partial charge in [0, 0.05) is 43.2 Å². The summed E-state index contributed by atoms with van der Waals surface area (Å²) in [6.45, 7) is 5.16. The Morgan fingerprint density at radius 3 is 2.16 bits per heavy atom. The van der Waals surface area contributed by atoms with E-state index in [-0.39, 0.29) is 36.3 Å². The van der Waals surface area contributed by atoms with Gasteiger partial charge in [0.2, 0.25) is 0 Å². The second-order valence-electron chi connectivity index (χ2n) is 17.6. The number of aliphatic hydroxyl groups excluding tert-OH is 1. The molecule has 6 aliphatic rings. The number of ether oxygens (including phenoxy) is 4. The summed E-state index contributed by atoms with van der Waals surface area (Å²) in [6, 6.07) is 29.1. The number of aliphatic hydroxyl groups is 1. The van der Waals surface area contributed by atoms with Crippen molar-refractivity contribution in [1.82, 2.24) is 15.5 Å². The molecule has 2 amide bonds. The number of methoxy groups -OCH3 is 2. The molecule has 0 radical (unpaired) electrons. The van der Waals surface area contributed by atoms with Gasteiger partial charge in [0.1, 0.15) is 0 Å². The van der Waals surface area contributed by atoms with Gasteiger partial charge in [-0.25, -0.2) is 4.79 Å². The minimum Gasteiger partial charge on any atom is -0.493 e. The Bertz CT molecular complexity index is 2020. The summed E-state index contributed by atoms with van der Waals surface area (Å²) in [5, 5.41) is 16.4. The zero-order valence-corrected chi connectivity index (χ0v) is 33.5. The fourth-order valence-corrected chi connectivity index (χ4v) is 11.2. The molecule has 2 heterocycles. The van der Waals surface area contributed by atoms with Crippen molar-refractivity contribution in [3.05, 3.63) is 118 Å². The maximum Gasteiger partial charge on any atom is 0.315 e. The molecule has 0 aromatic heterocycles. The molecule has 9 nitrogen and oxygen atoms in total. The average molecular weight is 772 g/mol. The van der Waals surface area contributed by atoms with E-state index in [1.54, 1.807) is 14.2 Å². The number of carbonyl (C=O) groups is 1. The lowest BCUT2D eigenvalue weighted by Gasteiger charge is -2.56. The number of urea groups is 1. The topological polar surface area (TPSA) is 102 Å². The maximum absolute atomic E-state index is 13.3. The molecule has 5 fully saturated rings. The third-order valence-electron chi connectivity index (χ3n) is 13.7. The number of hydrogen-bond donors (Lipinski definition) is 3. The molecule has 4 aliphatic carbocycles. The van der Waals surface area contributed by atoms with E-state index in [2.05, 4.69) is 89.2 Å². The van der Waals surface area contributed by atoms with Crippen molar-refractivity contribution in [3.63, 3.8) is 0 Å². The first-order chi connectivity index (χ1) is 27.8. The maximum atomic E-state index is 13.3. The van der Waals surface area contributed by atoms with E-state index in [0.717, 1.165) is 108 Å². The molecule has 2 aliphatic heterocycles. The molecule has 1 saturated heterocycles. The van der Waals surface area contributed by atoms with Crippen LogP contribution in [0.3, 0.4) is 0 Å². The number of nitrogens with one attached hydrogen (secondary N) is 2. The number of amides is 2. The number of fused-ring (bicyclic) bond motifs is 1. The van der Waals surface area contributed by atoms with E-state index in [1.165, 1.54) is 30.4 Å². The third kappa shape index (κ3) is 7.92. The summed E-state index contributed by atoms with van der Waals surface area (Å²) >= 11 is 0. The molecule has 4 bridgehead atoms. The van der Waals surface area contributed by atoms with E-state index in [4.69, 9.17) is 18.9 Å². The molecular formula is C48H57N3O6. The molecule has 4 atom stereocenters. The molecule has 9 heteroatoms. The molecule has 57 heavy (non-hydrogen) atoms. The zero-order valence-electron chi connectivity index (χ0n) is 33.5. The van der Waals surface area contributed by atoms with Crippen molar-refractivity contribution in [2.24, 2.45) is 23.7 Å². The summed E-state index contributed by atoms with van der Waals surface area (Å²) in [4.78, 5) is 15.8. The summed E-state index contributed by atoms with van der Waals surface area (Å²) in [5.41, 5.74) is 8.69. The van der Waals surface area contributed by atoms with Gasteiger partial charge in [-0.1, -0.05) is 79.7 Å². The monoisotopic (exact) mass is 771 g/mol. The third-order valence-corrected chi connectivity index (χ3v) is 13.7. The van der Waals surface area contributed by atoms with Crippen molar-refractivity contribution in [2.75, 3.05) is 27.3 Å². The van der Waals surface area contributed by atoms with Crippen LogP contribution in [0.1, 0.15) is 91.2 Å². The Hall–Kier alpha value is -4.41. The summed E-state index contributed by atoms with van der Waals surface area (Å²) < 4.78 is 24.9. The van der Waals surface area contributed by atoms with Crippen molar-refractivity contribution in [1.29, 1.82) is 0 Å². The number of nitrogens with zero attached hydrogens (tertiary/aromatic N) is 1. The van der Waals surface area contributed by atoms with E-state index >= 15 is 0 Å². The molecule has 10 rings (SSSR count). The van der Waals surface area contributed by atoms with Crippen LogP contribution in [0.5, 0.6) is 11.5 Å². The zero-order chi connectivity index (χ0) is 39.1. The predicted molar refractivity (Wildman–Crippen MR) is 220 cm³/mol. The molecule has 3 N–H and O–H groups in total. The van der Waals surface area contributed by atoms with Crippen molar-refractivity contribution in [2.45, 2.75) is 95.6 Å². The first-order valence-corrected chi connectivity index (χ1v) is 21.0. The summed E-state index contributed by atoms with van der Waals surface area (Å²) in [6.07, 6.45) is 7.55. The number of rotatable bonds is 11. The van der Waals surface area contributed by atoms with Gasteiger partial charge in [0.05, 0.1) is 33.0 Å². The Morgan fingerprint density at radius 1 is 0.842 bits per heavy atom. The number of carbonyl (C=O) groups excluding carboxylic acids is 1. The first-order valence-electron chi connectivity index (χ1n) is 21.0. The van der Waals surface area contributed by atoms with Gasteiger partial charge in [-0.3, -0.25) is 4.90 Å². The first kappa shape index (κ1) is 38.1.